The van der Waals surface area contributed by atoms with E-state index in [0.29, 0.717) is 5.82 Å². The van der Waals surface area contributed by atoms with Gasteiger partial charge < -0.3 is 5.11 Å². The lowest BCUT2D eigenvalue weighted by Gasteiger charge is -2.10. The smallest absolute Gasteiger partial charge is 0.182 e. The van der Waals surface area contributed by atoms with Crippen molar-refractivity contribution in [3.63, 3.8) is 0 Å². The highest BCUT2D eigenvalue weighted by Gasteiger charge is 2.21. The molecule has 0 radical (unpaired) electrons. The highest BCUT2D eigenvalue weighted by molar-refractivity contribution is 5.36. The quantitative estimate of drug-likeness (QED) is 0.705. The SMILES string of the molecule is CC(C)(O)c1nc2ccccn2n1. The molecule has 13 heavy (non-hydrogen) atoms. The molecule has 0 saturated heterocycles. The third kappa shape index (κ3) is 1.40. The lowest BCUT2D eigenvalue weighted by Crippen LogP contribution is -2.17. The molecule has 1 N–H and O–H groups in total. The fourth-order valence-corrected chi connectivity index (χ4v) is 1.09. The third-order valence-electron chi connectivity index (χ3n) is 1.79. The summed E-state index contributed by atoms with van der Waals surface area (Å²) in [5.74, 6) is 0.443. The largest absolute Gasteiger partial charge is 0.382 e. The Hall–Kier alpha value is -1.42. The maximum absolute atomic E-state index is 9.65. The van der Waals surface area contributed by atoms with Gasteiger partial charge in [-0.05, 0) is 26.0 Å². The van der Waals surface area contributed by atoms with Gasteiger partial charge in [0.2, 0.25) is 0 Å². The summed E-state index contributed by atoms with van der Waals surface area (Å²) in [6.45, 7) is 3.34. The Morgan fingerprint density at radius 3 is 2.77 bits per heavy atom. The molecule has 68 valence electrons. The Bertz CT molecular complexity index is 395. The summed E-state index contributed by atoms with van der Waals surface area (Å²) in [5.41, 5.74) is -0.230. The van der Waals surface area contributed by atoms with Crippen LogP contribution in [0.25, 0.3) is 5.65 Å². The molecule has 0 unspecified atom stereocenters. The summed E-state index contributed by atoms with van der Waals surface area (Å²) < 4.78 is 1.65. The van der Waals surface area contributed by atoms with Crippen molar-refractivity contribution >= 4 is 5.65 Å². The van der Waals surface area contributed by atoms with E-state index in [0.717, 1.165) is 5.65 Å². The first-order valence-electron chi connectivity index (χ1n) is 4.11. The normalized spacial score (nSPS) is 12.2. The molecule has 0 atom stereocenters. The lowest BCUT2D eigenvalue weighted by molar-refractivity contribution is 0.0690. The Balaban J connectivity index is 2.63. The minimum absolute atomic E-state index is 0.443. The van der Waals surface area contributed by atoms with Crippen molar-refractivity contribution in [2.75, 3.05) is 0 Å². The summed E-state index contributed by atoms with van der Waals surface area (Å²) >= 11 is 0. The van der Waals surface area contributed by atoms with Gasteiger partial charge in [-0.2, -0.15) is 0 Å². The maximum atomic E-state index is 9.65. The molecular weight excluding hydrogens is 166 g/mol. The van der Waals surface area contributed by atoms with Crippen LogP contribution in [0.1, 0.15) is 19.7 Å². The minimum Gasteiger partial charge on any atom is -0.382 e. The van der Waals surface area contributed by atoms with Crippen LogP contribution in [-0.2, 0) is 5.60 Å². The van der Waals surface area contributed by atoms with Crippen molar-refractivity contribution < 1.29 is 5.11 Å². The fourth-order valence-electron chi connectivity index (χ4n) is 1.09. The zero-order valence-corrected chi connectivity index (χ0v) is 7.60. The number of nitrogens with zero attached hydrogens (tertiary/aromatic N) is 3. The van der Waals surface area contributed by atoms with Gasteiger partial charge in [0.05, 0.1) is 0 Å². The number of hydrogen-bond acceptors (Lipinski definition) is 3. The van der Waals surface area contributed by atoms with Crippen molar-refractivity contribution in [2.24, 2.45) is 0 Å². The molecule has 0 bridgehead atoms. The van der Waals surface area contributed by atoms with E-state index in [2.05, 4.69) is 10.1 Å². The summed E-state index contributed by atoms with van der Waals surface area (Å²) in [7, 11) is 0. The van der Waals surface area contributed by atoms with Gasteiger partial charge in [0, 0.05) is 6.20 Å². The number of fused-ring (bicyclic) bond motifs is 1. The van der Waals surface area contributed by atoms with Crippen molar-refractivity contribution in [3.05, 3.63) is 30.2 Å². The van der Waals surface area contributed by atoms with E-state index in [9.17, 15) is 5.11 Å². The van der Waals surface area contributed by atoms with Crippen LogP contribution in [0.5, 0.6) is 0 Å². The summed E-state index contributed by atoms with van der Waals surface area (Å²) in [6.07, 6.45) is 1.80. The van der Waals surface area contributed by atoms with Crippen LogP contribution >= 0.6 is 0 Å². The zero-order valence-electron chi connectivity index (χ0n) is 7.60. The monoisotopic (exact) mass is 177 g/mol. The molecule has 0 aliphatic heterocycles. The molecule has 0 fully saturated rings. The summed E-state index contributed by atoms with van der Waals surface area (Å²) in [5, 5.41) is 13.8. The van der Waals surface area contributed by atoms with Crippen molar-refractivity contribution in [1.82, 2.24) is 14.6 Å². The molecule has 0 aromatic carbocycles. The average Bonchev–Trinajstić information content (AvgIpc) is 2.45. The third-order valence-corrected chi connectivity index (χ3v) is 1.79. The van der Waals surface area contributed by atoms with Gasteiger partial charge >= 0.3 is 0 Å². The zero-order chi connectivity index (χ0) is 9.47. The standard InChI is InChI=1S/C9H11N3O/c1-9(2,13)8-10-7-5-3-4-6-12(7)11-8/h3-6,13H,1-2H3. The van der Waals surface area contributed by atoms with Crippen molar-refractivity contribution in [2.45, 2.75) is 19.4 Å². The summed E-state index contributed by atoms with van der Waals surface area (Å²) in [6, 6.07) is 5.61. The molecule has 0 amide bonds. The molecule has 0 spiro atoms. The van der Waals surface area contributed by atoms with E-state index < -0.39 is 5.60 Å². The van der Waals surface area contributed by atoms with Gasteiger partial charge in [0.25, 0.3) is 0 Å². The fraction of sp³-hybridized carbons (Fsp3) is 0.333. The number of rotatable bonds is 1. The molecule has 2 heterocycles. The minimum atomic E-state index is -0.980. The van der Waals surface area contributed by atoms with Gasteiger partial charge in [-0.15, -0.1) is 5.10 Å². The predicted octanol–water partition coefficient (Wildman–Crippen LogP) is 0.957. The molecule has 0 saturated carbocycles. The van der Waals surface area contributed by atoms with E-state index in [1.807, 2.05) is 18.2 Å². The van der Waals surface area contributed by atoms with Gasteiger partial charge in [0.1, 0.15) is 5.60 Å². The van der Waals surface area contributed by atoms with E-state index in [1.54, 1.807) is 24.6 Å². The van der Waals surface area contributed by atoms with Gasteiger partial charge in [-0.1, -0.05) is 6.07 Å². The van der Waals surface area contributed by atoms with E-state index >= 15 is 0 Å². The van der Waals surface area contributed by atoms with E-state index in [4.69, 9.17) is 0 Å². The topological polar surface area (TPSA) is 50.4 Å². The average molecular weight is 177 g/mol. The van der Waals surface area contributed by atoms with Crippen LogP contribution in [-0.4, -0.2) is 19.7 Å². The highest BCUT2D eigenvalue weighted by Crippen LogP contribution is 2.15. The Kier molecular flexibility index (Phi) is 1.60. The van der Waals surface area contributed by atoms with Crippen LogP contribution in [0, 0.1) is 0 Å². The number of aromatic nitrogens is 3. The first-order valence-corrected chi connectivity index (χ1v) is 4.11. The molecule has 2 aromatic rings. The molecule has 0 aliphatic rings. The Morgan fingerprint density at radius 1 is 1.38 bits per heavy atom. The highest BCUT2D eigenvalue weighted by atomic mass is 16.3. The predicted molar refractivity (Wildman–Crippen MR) is 48.2 cm³/mol. The molecular formula is C9H11N3O. The van der Waals surface area contributed by atoms with Crippen LogP contribution in [0.4, 0.5) is 0 Å². The van der Waals surface area contributed by atoms with Crippen LogP contribution in [0.15, 0.2) is 24.4 Å². The Labute approximate surface area is 75.8 Å². The maximum Gasteiger partial charge on any atom is 0.182 e. The van der Waals surface area contributed by atoms with Crippen LogP contribution in [0.3, 0.4) is 0 Å². The molecule has 0 aliphatic carbocycles. The second kappa shape index (κ2) is 2.53. The molecule has 2 rings (SSSR count). The number of aliphatic hydroxyl groups is 1. The Morgan fingerprint density at radius 2 is 2.15 bits per heavy atom. The second-order valence-electron chi connectivity index (χ2n) is 3.50. The molecule has 4 nitrogen and oxygen atoms in total. The number of pyridine rings is 1. The van der Waals surface area contributed by atoms with Crippen molar-refractivity contribution in [3.8, 4) is 0 Å². The summed E-state index contributed by atoms with van der Waals surface area (Å²) in [4.78, 5) is 4.19. The van der Waals surface area contributed by atoms with Crippen molar-refractivity contribution in [1.29, 1.82) is 0 Å². The number of hydrogen-bond donors (Lipinski definition) is 1. The lowest BCUT2D eigenvalue weighted by atomic mass is 10.1. The van der Waals surface area contributed by atoms with E-state index in [1.165, 1.54) is 0 Å². The van der Waals surface area contributed by atoms with Crippen LogP contribution < -0.4 is 0 Å². The van der Waals surface area contributed by atoms with Crippen LogP contribution in [0.2, 0.25) is 0 Å². The second-order valence-corrected chi connectivity index (χ2v) is 3.50. The first kappa shape index (κ1) is 8.19. The van der Waals surface area contributed by atoms with Gasteiger partial charge in [-0.25, -0.2) is 9.50 Å². The first-order chi connectivity index (χ1) is 6.07. The molecule has 4 heteroatoms. The van der Waals surface area contributed by atoms with E-state index in [-0.39, 0.29) is 0 Å². The molecule has 2 aromatic heterocycles. The van der Waals surface area contributed by atoms with Gasteiger partial charge in [0.15, 0.2) is 11.5 Å². The van der Waals surface area contributed by atoms with Gasteiger partial charge in [-0.3, -0.25) is 0 Å².